The molecule has 0 aliphatic heterocycles. The maximum Gasteiger partial charge on any atom is 0.241 e. The number of rotatable bonds is 6. The Labute approximate surface area is 96.9 Å². The van der Waals surface area contributed by atoms with E-state index < -0.39 is 0 Å². The third-order valence-corrected chi connectivity index (χ3v) is 2.37. The van der Waals surface area contributed by atoms with E-state index in [1.807, 2.05) is 0 Å². The van der Waals surface area contributed by atoms with Gasteiger partial charge in [0.1, 0.15) is 6.54 Å². The fourth-order valence-corrected chi connectivity index (χ4v) is 1.16. The fraction of sp³-hybridized carbons (Fsp3) is 0.818. The molecule has 0 heterocycles. The second-order valence-corrected chi connectivity index (χ2v) is 4.72. The molecule has 1 aliphatic rings. The van der Waals surface area contributed by atoms with Crippen LogP contribution in [0.1, 0.15) is 26.7 Å². The third kappa shape index (κ3) is 6.27. The number of amides is 1. The summed E-state index contributed by atoms with van der Waals surface area (Å²) in [6.45, 7) is 5.85. The van der Waals surface area contributed by atoms with Gasteiger partial charge in [0.15, 0.2) is 5.96 Å². The zero-order chi connectivity index (χ0) is 12.0. The number of guanidine groups is 1. The maximum absolute atomic E-state index is 11.3. The summed E-state index contributed by atoms with van der Waals surface area (Å²) in [6, 6.07) is 0. The summed E-state index contributed by atoms with van der Waals surface area (Å²) in [6.07, 6.45) is 2.48. The van der Waals surface area contributed by atoms with Gasteiger partial charge in [0.05, 0.1) is 0 Å². The third-order valence-electron chi connectivity index (χ3n) is 2.37. The van der Waals surface area contributed by atoms with E-state index in [0.29, 0.717) is 17.8 Å². The molecule has 0 atom stereocenters. The lowest BCUT2D eigenvalue weighted by atomic mass is 10.2. The largest absolute Gasteiger partial charge is 0.370 e. The van der Waals surface area contributed by atoms with Crippen molar-refractivity contribution in [3.63, 3.8) is 0 Å². The molecular formula is C11H22N4O. The highest BCUT2D eigenvalue weighted by Gasteiger charge is 2.21. The molecule has 92 valence electrons. The van der Waals surface area contributed by atoms with Crippen molar-refractivity contribution in [2.45, 2.75) is 26.7 Å². The Kier molecular flexibility index (Phi) is 5.08. The van der Waals surface area contributed by atoms with Crippen LogP contribution in [-0.4, -0.2) is 31.5 Å². The molecule has 0 radical (unpaired) electrons. The van der Waals surface area contributed by atoms with Crippen LogP contribution in [0.25, 0.3) is 0 Å². The van der Waals surface area contributed by atoms with Crippen LogP contribution < -0.4 is 16.4 Å². The van der Waals surface area contributed by atoms with Gasteiger partial charge >= 0.3 is 0 Å². The number of nitrogens with zero attached hydrogens (tertiary/aromatic N) is 1. The number of carbonyl (C=O) groups is 1. The molecule has 0 unspecified atom stereocenters. The summed E-state index contributed by atoms with van der Waals surface area (Å²) in [7, 11) is 0. The monoisotopic (exact) mass is 226 g/mol. The second-order valence-electron chi connectivity index (χ2n) is 4.72. The van der Waals surface area contributed by atoms with Crippen LogP contribution in [0.4, 0.5) is 0 Å². The molecule has 1 rings (SSSR count). The van der Waals surface area contributed by atoms with E-state index in [0.717, 1.165) is 13.1 Å². The van der Waals surface area contributed by atoms with Gasteiger partial charge in [-0.2, -0.15) is 0 Å². The van der Waals surface area contributed by atoms with E-state index in [9.17, 15) is 4.79 Å². The van der Waals surface area contributed by atoms with E-state index in [1.54, 1.807) is 0 Å². The van der Waals surface area contributed by atoms with Crippen molar-refractivity contribution in [3.8, 4) is 0 Å². The molecule has 0 aromatic carbocycles. The van der Waals surface area contributed by atoms with Gasteiger partial charge in [0, 0.05) is 13.1 Å². The maximum atomic E-state index is 11.3. The first kappa shape index (κ1) is 12.8. The highest BCUT2D eigenvalue weighted by atomic mass is 16.1. The Morgan fingerprint density at radius 1 is 1.44 bits per heavy atom. The number of aliphatic imine (C=N–C) groups is 1. The number of carbonyl (C=O) groups excluding carboxylic acids is 1. The minimum atomic E-state index is -0.0544. The van der Waals surface area contributed by atoms with Crippen molar-refractivity contribution in [3.05, 3.63) is 0 Å². The highest BCUT2D eigenvalue weighted by molar-refractivity contribution is 5.83. The molecule has 0 aromatic heterocycles. The Morgan fingerprint density at radius 3 is 2.69 bits per heavy atom. The standard InChI is InChI=1S/C11H22N4O/c1-8(2)5-14-11(12)15-7-10(16)13-6-9-3-4-9/h8-9H,3-7H2,1-2H3,(H,13,16)(H3,12,14,15). The molecule has 4 N–H and O–H groups in total. The number of hydrogen-bond acceptors (Lipinski definition) is 2. The molecule has 0 saturated heterocycles. The van der Waals surface area contributed by atoms with Crippen molar-refractivity contribution in [2.24, 2.45) is 22.6 Å². The quantitative estimate of drug-likeness (QED) is 0.443. The summed E-state index contributed by atoms with van der Waals surface area (Å²) in [5.41, 5.74) is 5.60. The lowest BCUT2D eigenvalue weighted by Gasteiger charge is -2.07. The minimum absolute atomic E-state index is 0.0544. The predicted octanol–water partition coefficient (Wildman–Crippen LogP) is 0.0729. The summed E-state index contributed by atoms with van der Waals surface area (Å²) < 4.78 is 0. The van der Waals surface area contributed by atoms with Gasteiger partial charge in [-0.3, -0.25) is 4.79 Å². The SMILES string of the molecule is CC(C)CNC(N)=NCC(=O)NCC1CC1. The number of nitrogens with two attached hydrogens (primary N) is 1. The summed E-state index contributed by atoms with van der Waals surface area (Å²) in [5.74, 6) is 1.50. The minimum Gasteiger partial charge on any atom is -0.370 e. The average molecular weight is 226 g/mol. The molecule has 1 amide bonds. The molecule has 0 bridgehead atoms. The smallest absolute Gasteiger partial charge is 0.241 e. The van der Waals surface area contributed by atoms with E-state index in [1.165, 1.54) is 12.8 Å². The Balaban J connectivity index is 2.09. The molecule has 1 fully saturated rings. The van der Waals surface area contributed by atoms with Crippen LogP contribution in [0.5, 0.6) is 0 Å². The summed E-state index contributed by atoms with van der Waals surface area (Å²) in [4.78, 5) is 15.3. The van der Waals surface area contributed by atoms with Crippen LogP contribution >= 0.6 is 0 Å². The van der Waals surface area contributed by atoms with E-state index in [2.05, 4.69) is 29.5 Å². The number of hydrogen-bond donors (Lipinski definition) is 3. The Morgan fingerprint density at radius 2 is 2.12 bits per heavy atom. The summed E-state index contributed by atoms with van der Waals surface area (Å²) in [5, 5.41) is 5.80. The molecule has 1 aliphatic carbocycles. The van der Waals surface area contributed by atoms with Gasteiger partial charge in [-0.25, -0.2) is 4.99 Å². The zero-order valence-electron chi connectivity index (χ0n) is 10.1. The van der Waals surface area contributed by atoms with Crippen molar-refractivity contribution >= 4 is 11.9 Å². The lowest BCUT2D eigenvalue weighted by Crippen LogP contribution is -2.36. The van der Waals surface area contributed by atoms with Gasteiger partial charge < -0.3 is 16.4 Å². The van der Waals surface area contributed by atoms with Gasteiger partial charge in [-0.1, -0.05) is 13.8 Å². The first-order valence-electron chi connectivity index (χ1n) is 5.88. The fourth-order valence-electron chi connectivity index (χ4n) is 1.16. The van der Waals surface area contributed by atoms with Gasteiger partial charge in [0.25, 0.3) is 0 Å². The van der Waals surface area contributed by atoms with Crippen molar-refractivity contribution in [1.82, 2.24) is 10.6 Å². The van der Waals surface area contributed by atoms with Crippen LogP contribution in [-0.2, 0) is 4.79 Å². The first-order valence-corrected chi connectivity index (χ1v) is 5.88. The molecule has 0 spiro atoms. The first-order chi connectivity index (χ1) is 7.58. The van der Waals surface area contributed by atoms with Crippen molar-refractivity contribution in [1.29, 1.82) is 0 Å². The topological polar surface area (TPSA) is 79.5 Å². The lowest BCUT2D eigenvalue weighted by molar-refractivity contribution is -0.119. The van der Waals surface area contributed by atoms with Crippen LogP contribution in [0.3, 0.4) is 0 Å². The van der Waals surface area contributed by atoms with Crippen LogP contribution in [0.2, 0.25) is 0 Å². The molecule has 5 nitrogen and oxygen atoms in total. The Hall–Kier alpha value is -1.26. The second kappa shape index (κ2) is 6.35. The van der Waals surface area contributed by atoms with Crippen LogP contribution in [0, 0.1) is 11.8 Å². The molecule has 0 aromatic rings. The highest BCUT2D eigenvalue weighted by Crippen LogP contribution is 2.27. The molecule has 16 heavy (non-hydrogen) atoms. The summed E-state index contributed by atoms with van der Waals surface area (Å²) >= 11 is 0. The molecule has 5 heteroatoms. The molecule has 1 saturated carbocycles. The molecular weight excluding hydrogens is 204 g/mol. The van der Waals surface area contributed by atoms with Gasteiger partial charge in [-0.05, 0) is 24.7 Å². The normalized spacial score (nSPS) is 16.3. The predicted molar refractivity (Wildman–Crippen MR) is 65.1 cm³/mol. The Bertz CT molecular complexity index is 259. The van der Waals surface area contributed by atoms with Gasteiger partial charge in [-0.15, -0.1) is 0 Å². The van der Waals surface area contributed by atoms with E-state index >= 15 is 0 Å². The van der Waals surface area contributed by atoms with E-state index in [4.69, 9.17) is 5.73 Å². The number of nitrogens with one attached hydrogen (secondary N) is 2. The van der Waals surface area contributed by atoms with E-state index in [-0.39, 0.29) is 12.5 Å². The van der Waals surface area contributed by atoms with Crippen LogP contribution in [0.15, 0.2) is 4.99 Å². The van der Waals surface area contributed by atoms with Crippen molar-refractivity contribution in [2.75, 3.05) is 19.6 Å². The van der Waals surface area contributed by atoms with Gasteiger partial charge in [0.2, 0.25) is 5.91 Å². The average Bonchev–Trinajstić information content (AvgIpc) is 3.04. The zero-order valence-corrected chi connectivity index (χ0v) is 10.1. The van der Waals surface area contributed by atoms with Crippen molar-refractivity contribution < 1.29 is 4.79 Å².